The highest BCUT2D eigenvalue weighted by atomic mass is 16.8. The molecule has 2 fully saturated rings. The second-order valence-electron chi connectivity index (χ2n) is 10.8. The molecule has 1 saturated heterocycles. The molecule has 2 aliphatic carbocycles. The minimum Gasteiger partial charge on any atom is -0.461 e. The van der Waals surface area contributed by atoms with Crippen molar-refractivity contribution in [3.8, 4) is 0 Å². The highest BCUT2D eigenvalue weighted by Crippen LogP contribution is 2.67. The maximum absolute atomic E-state index is 12.4. The van der Waals surface area contributed by atoms with Gasteiger partial charge in [0.15, 0.2) is 6.29 Å². The van der Waals surface area contributed by atoms with Gasteiger partial charge in [-0.2, -0.15) is 0 Å². The van der Waals surface area contributed by atoms with Crippen LogP contribution in [0.1, 0.15) is 73.6 Å². The predicted molar refractivity (Wildman–Crippen MR) is 137 cm³/mol. The van der Waals surface area contributed by atoms with E-state index >= 15 is 0 Å². The molecule has 7 heteroatoms. The minimum atomic E-state index is -0.934. The molecule has 0 N–H and O–H groups in total. The Bertz CT molecular complexity index is 892. The van der Waals surface area contributed by atoms with E-state index in [0.717, 1.165) is 30.4 Å². The van der Waals surface area contributed by atoms with Gasteiger partial charge in [-0.1, -0.05) is 57.6 Å². The zero-order valence-corrected chi connectivity index (χ0v) is 23.0. The summed E-state index contributed by atoms with van der Waals surface area (Å²) in [4.78, 5) is 24.7. The smallest absolute Gasteiger partial charge is 0.304 e. The van der Waals surface area contributed by atoms with Crippen LogP contribution in [0.4, 0.5) is 0 Å². The molecule has 8 atom stereocenters. The van der Waals surface area contributed by atoms with Crippen molar-refractivity contribution >= 4 is 11.9 Å². The summed E-state index contributed by atoms with van der Waals surface area (Å²) in [6.45, 7) is 15.9. The molecule has 0 amide bonds. The number of rotatable bonds is 10. The lowest BCUT2D eigenvalue weighted by molar-refractivity contribution is -0.259. The van der Waals surface area contributed by atoms with E-state index in [0.29, 0.717) is 19.4 Å². The normalized spacial score (nSPS) is 38.0. The largest absolute Gasteiger partial charge is 0.461 e. The molecule has 0 aromatic carbocycles. The van der Waals surface area contributed by atoms with Crippen LogP contribution in [0.2, 0.25) is 0 Å². The molecule has 1 heterocycles. The average molecular weight is 505 g/mol. The van der Waals surface area contributed by atoms with Crippen molar-refractivity contribution < 1.29 is 33.3 Å². The molecule has 1 spiro atoms. The fourth-order valence-corrected chi connectivity index (χ4v) is 6.49. The van der Waals surface area contributed by atoms with Gasteiger partial charge in [-0.15, -0.1) is 0 Å². The highest BCUT2D eigenvalue weighted by molar-refractivity contribution is 5.67. The summed E-state index contributed by atoms with van der Waals surface area (Å²) in [7, 11) is 1.70. The van der Waals surface area contributed by atoms with Gasteiger partial charge in [0.2, 0.25) is 6.29 Å². The monoisotopic (exact) mass is 504 g/mol. The Labute approximate surface area is 216 Å². The van der Waals surface area contributed by atoms with E-state index in [9.17, 15) is 9.59 Å². The summed E-state index contributed by atoms with van der Waals surface area (Å²) in [6, 6.07) is 0. The quantitative estimate of drug-likeness (QED) is 0.168. The summed E-state index contributed by atoms with van der Waals surface area (Å²) >= 11 is 0. The molecular weight excluding hydrogens is 460 g/mol. The molecule has 3 rings (SSSR count). The maximum Gasteiger partial charge on any atom is 0.304 e. The Hall–Kier alpha value is -1.96. The van der Waals surface area contributed by atoms with Gasteiger partial charge >= 0.3 is 11.9 Å². The third-order valence-corrected chi connectivity index (χ3v) is 8.66. The number of methoxy groups -OCH3 is 1. The molecule has 0 aromatic rings. The number of unbranched alkanes of at least 4 members (excludes halogenated alkanes) is 1. The summed E-state index contributed by atoms with van der Waals surface area (Å²) in [5.74, 6) is -0.668. The van der Waals surface area contributed by atoms with Crippen LogP contribution in [0.5, 0.6) is 0 Å². The van der Waals surface area contributed by atoms with Gasteiger partial charge in [0, 0.05) is 26.5 Å². The lowest BCUT2D eigenvalue weighted by Gasteiger charge is -2.60. The van der Waals surface area contributed by atoms with Crippen molar-refractivity contribution in [3.63, 3.8) is 0 Å². The van der Waals surface area contributed by atoms with Gasteiger partial charge in [-0.05, 0) is 49.9 Å². The first kappa shape index (κ1) is 28.6. The Balaban J connectivity index is 2.23. The summed E-state index contributed by atoms with van der Waals surface area (Å²) in [5, 5.41) is 0. The first-order valence-corrected chi connectivity index (χ1v) is 13.2. The molecule has 0 aromatic heterocycles. The van der Waals surface area contributed by atoms with Crippen molar-refractivity contribution in [2.45, 2.75) is 98.4 Å². The summed E-state index contributed by atoms with van der Waals surface area (Å²) in [6.07, 6.45) is 7.75. The zero-order valence-electron chi connectivity index (χ0n) is 23.0. The molecule has 0 bridgehead atoms. The summed E-state index contributed by atoms with van der Waals surface area (Å²) in [5.41, 5.74) is 0.869. The van der Waals surface area contributed by atoms with Crippen molar-refractivity contribution in [2.75, 3.05) is 13.7 Å². The molecule has 36 heavy (non-hydrogen) atoms. The molecule has 3 aliphatic rings. The van der Waals surface area contributed by atoms with Crippen LogP contribution in [-0.2, 0) is 33.3 Å². The van der Waals surface area contributed by atoms with Crippen LogP contribution in [-0.4, -0.2) is 50.4 Å². The third-order valence-electron chi connectivity index (χ3n) is 8.66. The number of carbonyl (C=O) groups excluding carboxylic acids is 2. The molecule has 1 aliphatic heterocycles. The average Bonchev–Trinajstić information content (AvgIpc) is 3.13. The van der Waals surface area contributed by atoms with Crippen LogP contribution in [0.25, 0.3) is 0 Å². The third kappa shape index (κ3) is 5.20. The van der Waals surface area contributed by atoms with Crippen LogP contribution in [0.15, 0.2) is 36.0 Å². The van der Waals surface area contributed by atoms with Gasteiger partial charge < -0.3 is 23.7 Å². The highest BCUT2D eigenvalue weighted by Gasteiger charge is 2.72. The second kappa shape index (κ2) is 11.6. The van der Waals surface area contributed by atoms with Crippen molar-refractivity contribution in [2.24, 2.45) is 22.7 Å². The van der Waals surface area contributed by atoms with Crippen molar-refractivity contribution in [1.29, 1.82) is 0 Å². The first-order chi connectivity index (χ1) is 17.0. The van der Waals surface area contributed by atoms with Gasteiger partial charge in [0.25, 0.3) is 0 Å². The number of hydrogen-bond acceptors (Lipinski definition) is 7. The summed E-state index contributed by atoms with van der Waals surface area (Å²) < 4.78 is 30.4. The van der Waals surface area contributed by atoms with Crippen LogP contribution in [0, 0.1) is 22.7 Å². The maximum atomic E-state index is 12.4. The van der Waals surface area contributed by atoms with E-state index < -0.39 is 30.1 Å². The Kier molecular flexibility index (Phi) is 9.23. The minimum absolute atomic E-state index is 0.0685. The van der Waals surface area contributed by atoms with Crippen LogP contribution in [0.3, 0.4) is 0 Å². The fraction of sp³-hybridized carbons (Fsp3) is 0.724. The number of ether oxygens (including phenoxy) is 5. The second-order valence-corrected chi connectivity index (χ2v) is 10.8. The Morgan fingerprint density at radius 1 is 1.19 bits per heavy atom. The number of carbonyl (C=O) groups is 2. The van der Waals surface area contributed by atoms with Crippen molar-refractivity contribution in [1.82, 2.24) is 0 Å². The van der Waals surface area contributed by atoms with Gasteiger partial charge in [-0.3, -0.25) is 9.59 Å². The molecule has 7 nitrogen and oxygen atoms in total. The van der Waals surface area contributed by atoms with Crippen LogP contribution < -0.4 is 0 Å². The SMILES string of the molecule is C=C/C(C)=C/C[C@]1(C)[C@H](C)C[C@H](OC(C)=O)[C@@]23C(=C[C@H](OC)C[C@@H]12)[C@H](OCCCC)O[C@H]3OC(C)=O. The molecule has 0 radical (unpaired) electrons. The Morgan fingerprint density at radius 2 is 1.89 bits per heavy atom. The molecular formula is C29H44O7. The fourth-order valence-electron chi connectivity index (χ4n) is 6.49. The van der Waals surface area contributed by atoms with Gasteiger partial charge in [-0.25, -0.2) is 0 Å². The van der Waals surface area contributed by atoms with Gasteiger partial charge in [0.1, 0.15) is 6.10 Å². The van der Waals surface area contributed by atoms with E-state index in [-0.39, 0.29) is 29.3 Å². The van der Waals surface area contributed by atoms with Crippen molar-refractivity contribution in [3.05, 3.63) is 36.0 Å². The van der Waals surface area contributed by atoms with Crippen LogP contribution >= 0.6 is 0 Å². The topological polar surface area (TPSA) is 80.3 Å². The lowest BCUT2D eigenvalue weighted by atomic mass is 9.45. The van der Waals surface area contributed by atoms with E-state index in [2.05, 4.69) is 33.4 Å². The lowest BCUT2D eigenvalue weighted by Crippen LogP contribution is -2.63. The van der Waals surface area contributed by atoms with Gasteiger partial charge in [0.05, 0.1) is 18.1 Å². The van der Waals surface area contributed by atoms with E-state index in [4.69, 9.17) is 23.7 Å². The number of hydrogen-bond donors (Lipinski definition) is 0. The van der Waals surface area contributed by atoms with E-state index in [1.54, 1.807) is 7.11 Å². The molecule has 0 unspecified atom stereocenters. The molecule has 202 valence electrons. The number of esters is 2. The predicted octanol–water partition coefficient (Wildman–Crippen LogP) is 5.50. The Morgan fingerprint density at radius 3 is 2.47 bits per heavy atom. The molecule has 1 saturated carbocycles. The van der Waals surface area contributed by atoms with E-state index in [1.165, 1.54) is 13.8 Å². The standard InChI is InChI=1S/C29H44O7/c1-9-11-14-33-26-23-16-22(32-8)17-24-28(7,13-12-18(3)10-2)19(4)15-25(34-20(5)30)29(23,24)27(36-26)35-21(6)31/h10,12,16,19,22,24-27H,2,9,11,13-15,17H2,1,3-8H3/b18-12+/t19-,22+,24+,25+,26-,27-,28-,29-/m1/s1. The zero-order chi connectivity index (χ0) is 26.7. The number of allylic oxidation sites excluding steroid dienone is 3. The van der Waals surface area contributed by atoms with E-state index in [1.807, 2.05) is 19.1 Å². The first-order valence-electron chi connectivity index (χ1n) is 13.2.